The first kappa shape index (κ1) is 23.0. The third-order valence-corrected chi connectivity index (χ3v) is 6.72. The Balaban J connectivity index is 1.30. The molecule has 0 aliphatic rings. The molecule has 0 bridgehead atoms. The van der Waals surface area contributed by atoms with Crippen LogP contribution in [0.15, 0.2) is 82.4 Å². The number of carbonyl (C=O) groups excluding carboxylic acids is 2. The molecular weight excluding hydrogens is 528 g/mol. The molecule has 0 unspecified atom stereocenters. The van der Waals surface area contributed by atoms with E-state index in [2.05, 4.69) is 26.5 Å². The number of rotatable bonds is 7. The number of nitrogens with zero attached hydrogens (tertiary/aromatic N) is 1. The zero-order chi connectivity index (χ0) is 23.2. The molecule has 1 amide bonds. The first-order valence-corrected chi connectivity index (χ1v) is 11.7. The predicted octanol–water partition coefficient (Wildman–Crippen LogP) is 6.07. The normalized spacial score (nSPS) is 11.0. The molecule has 1 aromatic heterocycles. The Morgan fingerprint density at radius 1 is 1.03 bits per heavy atom. The Morgan fingerprint density at radius 3 is 2.52 bits per heavy atom. The van der Waals surface area contributed by atoms with Crippen molar-refractivity contribution in [1.82, 2.24) is 5.43 Å². The molecule has 1 N–H and O–H groups in total. The summed E-state index contributed by atoms with van der Waals surface area (Å²) in [6.07, 6.45) is 1.48. The zero-order valence-electron chi connectivity index (χ0n) is 17.0. The van der Waals surface area contributed by atoms with Crippen LogP contribution in [-0.4, -0.2) is 24.7 Å². The number of para-hydroxylation sites is 1. The fourth-order valence-electron chi connectivity index (χ4n) is 2.84. The van der Waals surface area contributed by atoms with Crippen molar-refractivity contribution in [3.8, 4) is 11.5 Å². The molecule has 1 heterocycles. The van der Waals surface area contributed by atoms with Gasteiger partial charge in [-0.2, -0.15) is 5.10 Å². The van der Waals surface area contributed by atoms with Crippen LogP contribution in [0.1, 0.15) is 15.2 Å². The molecule has 0 radical (unpaired) electrons. The molecule has 3 aromatic carbocycles. The smallest absolute Gasteiger partial charge is 0.355 e. The number of hydrogen-bond acceptors (Lipinski definition) is 6. The second-order valence-electron chi connectivity index (χ2n) is 6.71. The Morgan fingerprint density at radius 2 is 1.76 bits per heavy atom. The number of benzene rings is 3. The summed E-state index contributed by atoms with van der Waals surface area (Å²) in [4.78, 5) is 24.8. The highest BCUT2D eigenvalue weighted by Gasteiger charge is 2.18. The number of fused-ring (bicyclic) bond motifs is 1. The Hall–Kier alpha value is -3.20. The van der Waals surface area contributed by atoms with Crippen molar-refractivity contribution in [2.24, 2.45) is 5.10 Å². The summed E-state index contributed by atoms with van der Waals surface area (Å²) in [5.41, 5.74) is 3.11. The SMILES string of the molecule is O=C(COc1ccccc1Br)N/N=C/c1ccc(OC(=O)c2sc3ccccc3c2Cl)cc1. The van der Waals surface area contributed by atoms with Gasteiger partial charge in [0.25, 0.3) is 5.91 Å². The summed E-state index contributed by atoms with van der Waals surface area (Å²) in [6, 6.07) is 21.5. The maximum atomic E-state index is 12.5. The van der Waals surface area contributed by atoms with Crippen molar-refractivity contribution in [3.63, 3.8) is 0 Å². The van der Waals surface area contributed by atoms with E-state index >= 15 is 0 Å². The minimum Gasteiger partial charge on any atom is -0.483 e. The van der Waals surface area contributed by atoms with Gasteiger partial charge in [0, 0.05) is 10.1 Å². The molecule has 33 heavy (non-hydrogen) atoms. The average Bonchev–Trinajstić information content (AvgIpc) is 3.16. The van der Waals surface area contributed by atoms with Crippen molar-refractivity contribution in [1.29, 1.82) is 0 Å². The molecule has 6 nitrogen and oxygen atoms in total. The second-order valence-corrected chi connectivity index (χ2v) is 9.00. The predicted molar refractivity (Wildman–Crippen MR) is 134 cm³/mol. The van der Waals surface area contributed by atoms with Crippen LogP contribution in [0.4, 0.5) is 0 Å². The lowest BCUT2D eigenvalue weighted by Crippen LogP contribution is -2.24. The molecule has 0 aliphatic carbocycles. The first-order valence-electron chi connectivity index (χ1n) is 9.70. The minimum atomic E-state index is -0.514. The lowest BCUT2D eigenvalue weighted by atomic mass is 10.2. The van der Waals surface area contributed by atoms with Gasteiger partial charge >= 0.3 is 5.97 Å². The van der Waals surface area contributed by atoms with E-state index in [1.165, 1.54) is 17.6 Å². The van der Waals surface area contributed by atoms with Gasteiger partial charge in [0.2, 0.25) is 0 Å². The summed E-state index contributed by atoms with van der Waals surface area (Å²) in [5, 5.41) is 5.13. The quantitative estimate of drug-likeness (QED) is 0.133. The van der Waals surface area contributed by atoms with Gasteiger partial charge < -0.3 is 9.47 Å². The molecule has 9 heteroatoms. The highest BCUT2D eigenvalue weighted by Crippen LogP contribution is 2.35. The lowest BCUT2D eigenvalue weighted by molar-refractivity contribution is -0.123. The second kappa shape index (κ2) is 10.6. The van der Waals surface area contributed by atoms with Gasteiger partial charge in [0.1, 0.15) is 16.4 Å². The van der Waals surface area contributed by atoms with Crippen LogP contribution in [0.2, 0.25) is 5.02 Å². The first-order chi connectivity index (χ1) is 16.0. The highest BCUT2D eigenvalue weighted by atomic mass is 79.9. The topological polar surface area (TPSA) is 77.0 Å². The Kier molecular flexibility index (Phi) is 7.39. The molecular formula is C24H16BrClN2O4S. The summed E-state index contributed by atoms with van der Waals surface area (Å²) in [5.74, 6) is 0.0305. The van der Waals surface area contributed by atoms with Crippen molar-refractivity contribution in [2.75, 3.05) is 6.61 Å². The van der Waals surface area contributed by atoms with Gasteiger partial charge in [0.15, 0.2) is 6.61 Å². The van der Waals surface area contributed by atoms with E-state index in [4.69, 9.17) is 21.1 Å². The molecule has 0 spiro atoms. The van der Waals surface area contributed by atoms with Crippen molar-refractivity contribution in [3.05, 3.63) is 92.7 Å². The number of amides is 1. The maximum absolute atomic E-state index is 12.5. The van der Waals surface area contributed by atoms with E-state index in [-0.39, 0.29) is 6.61 Å². The monoisotopic (exact) mass is 542 g/mol. The van der Waals surface area contributed by atoms with E-state index in [1.807, 2.05) is 42.5 Å². The van der Waals surface area contributed by atoms with E-state index < -0.39 is 11.9 Å². The number of thiophene rings is 1. The number of hydrogen-bond donors (Lipinski definition) is 1. The van der Waals surface area contributed by atoms with Crippen molar-refractivity contribution >= 4 is 67.0 Å². The van der Waals surface area contributed by atoms with E-state index in [1.54, 1.807) is 30.3 Å². The van der Waals surface area contributed by atoms with E-state index in [0.29, 0.717) is 27.0 Å². The third kappa shape index (κ3) is 5.78. The van der Waals surface area contributed by atoms with Crippen LogP contribution in [0.5, 0.6) is 11.5 Å². The van der Waals surface area contributed by atoms with Gasteiger partial charge in [-0.25, -0.2) is 10.2 Å². The standard InChI is InChI=1S/C24H16BrClN2O4S/c25-18-6-2-3-7-19(18)31-14-21(29)28-27-13-15-9-11-16(12-10-15)32-24(30)23-22(26)17-5-1-4-8-20(17)33-23/h1-13H,14H2,(H,28,29)/b27-13+. The molecule has 166 valence electrons. The molecule has 0 saturated carbocycles. The molecule has 0 fully saturated rings. The fourth-order valence-corrected chi connectivity index (χ4v) is 4.62. The van der Waals surface area contributed by atoms with Gasteiger partial charge in [-0.1, -0.05) is 41.9 Å². The van der Waals surface area contributed by atoms with Gasteiger partial charge in [-0.05, 0) is 64.0 Å². The summed E-state index contributed by atoms with van der Waals surface area (Å²) in [7, 11) is 0. The third-order valence-electron chi connectivity index (χ3n) is 4.41. The number of hydrazone groups is 1. The number of carbonyl (C=O) groups is 2. The van der Waals surface area contributed by atoms with Gasteiger partial charge in [0.05, 0.1) is 15.7 Å². The van der Waals surface area contributed by atoms with Crippen molar-refractivity contribution in [2.45, 2.75) is 0 Å². The number of esters is 1. The number of halogens is 2. The summed E-state index contributed by atoms with van der Waals surface area (Å²) in [6.45, 7) is -0.171. The summed E-state index contributed by atoms with van der Waals surface area (Å²) >= 11 is 11.0. The molecule has 0 saturated heterocycles. The van der Waals surface area contributed by atoms with Gasteiger partial charge in [-0.3, -0.25) is 4.79 Å². The maximum Gasteiger partial charge on any atom is 0.355 e. The molecule has 4 aromatic rings. The van der Waals surface area contributed by atoms with Crippen LogP contribution in [0.25, 0.3) is 10.1 Å². The minimum absolute atomic E-state index is 0.171. The number of nitrogens with one attached hydrogen (secondary N) is 1. The van der Waals surface area contributed by atoms with Crippen LogP contribution in [0, 0.1) is 0 Å². The average molecular weight is 544 g/mol. The molecule has 0 atom stereocenters. The van der Waals surface area contributed by atoms with Crippen LogP contribution < -0.4 is 14.9 Å². The highest BCUT2D eigenvalue weighted by molar-refractivity contribution is 9.10. The van der Waals surface area contributed by atoms with Crippen LogP contribution >= 0.6 is 38.9 Å². The molecule has 4 rings (SSSR count). The summed E-state index contributed by atoms with van der Waals surface area (Å²) < 4.78 is 12.6. The number of ether oxygens (including phenoxy) is 2. The van der Waals surface area contributed by atoms with E-state index in [0.717, 1.165) is 14.6 Å². The Labute approximate surface area is 206 Å². The van der Waals surface area contributed by atoms with E-state index in [9.17, 15) is 9.59 Å². The van der Waals surface area contributed by atoms with Gasteiger partial charge in [-0.15, -0.1) is 11.3 Å². The Bertz CT molecular complexity index is 1340. The zero-order valence-corrected chi connectivity index (χ0v) is 20.1. The fraction of sp³-hybridized carbons (Fsp3) is 0.0417. The van der Waals surface area contributed by atoms with Crippen LogP contribution in [0.3, 0.4) is 0 Å². The largest absolute Gasteiger partial charge is 0.483 e. The lowest BCUT2D eigenvalue weighted by Gasteiger charge is -2.06. The van der Waals surface area contributed by atoms with Crippen molar-refractivity contribution < 1.29 is 19.1 Å². The van der Waals surface area contributed by atoms with Crippen LogP contribution in [-0.2, 0) is 4.79 Å². The molecule has 0 aliphatic heterocycles.